The van der Waals surface area contributed by atoms with Gasteiger partial charge in [0, 0.05) is 0 Å². The summed E-state index contributed by atoms with van der Waals surface area (Å²) in [6.07, 6.45) is 0. The van der Waals surface area contributed by atoms with Crippen molar-refractivity contribution in [3.63, 3.8) is 0 Å². The molecular weight excluding hydrogens is 210 g/mol. The number of carbonyl (C=O) groups is 1. The molecule has 0 radical (unpaired) electrons. The second kappa shape index (κ2) is 4.22. The third-order valence-electron chi connectivity index (χ3n) is 2.14. The maximum Gasteiger partial charge on any atom is 0.377 e. The molecule has 1 aromatic carbocycles. The number of ether oxygens (including phenoxy) is 2. The lowest BCUT2D eigenvalue weighted by atomic mass is 10.2. The van der Waals surface area contributed by atoms with E-state index in [0.717, 1.165) is 0 Å². The van der Waals surface area contributed by atoms with Gasteiger partial charge in [-0.25, -0.2) is 4.79 Å². The fraction of sp³-hybridized carbons (Fsp3) is 0.273. The highest BCUT2D eigenvalue weighted by Crippen LogP contribution is 2.23. The van der Waals surface area contributed by atoms with E-state index in [9.17, 15) is 4.79 Å². The topological polar surface area (TPSA) is 61.6 Å². The number of esters is 1. The smallest absolute Gasteiger partial charge is 0.377 e. The Hall–Kier alpha value is -2.04. The van der Waals surface area contributed by atoms with Crippen LogP contribution < -0.4 is 4.74 Å². The number of benzene rings is 1. The Morgan fingerprint density at radius 1 is 1.50 bits per heavy atom. The molecule has 0 saturated heterocycles. The van der Waals surface area contributed by atoms with Crippen molar-refractivity contribution in [2.45, 2.75) is 6.92 Å². The first-order valence-corrected chi connectivity index (χ1v) is 4.86. The van der Waals surface area contributed by atoms with Gasteiger partial charge in [-0.3, -0.25) is 0 Å². The molecule has 0 amide bonds. The average Bonchev–Trinajstić information content (AvgIpc) is 2.71. The zero-order valence-corrected chi connectivity index (χ0v) is 9.02. The number of rotatable bonds is 3. The summed E-state index contributed by atoms with van der Waals surface area (Å²) in [5.41, 5.74) is 0.601. The molecule has 0 aliphatic rings. The average molecular weight is 221 g/mol. The van der Waals surface area contributed by atoms with Gasteiger partial charge in [-0.15, -0.1) is 0 Å². The first-order chi connectivity index (χ1) is 7.76. The van der Waals surface area contributed by atoms with E-state index in [0.29, 0.717) is 23.3 Å². The van der Waals surface area contributed by atoms with Crippen molar-refractivity contribution in [1.82, 2.24) is 5.16 Å². The van der Waals surface area contributed by atoms with Crippen molar-refractivity contribution < 1.29 is 18.8 Å². The first-order valence-electron chi connectivity index (χ1n) is 4.86. The maximum atomic E-state index is 11.5. The van der Waals surface area contributed by atoms with Gasteiger partial charge in [0.05, 0.1) is 19.1 Å². The number of carbonyl (C=O) groups excluding carboxylic acids is 1. The Labute approximate surface area is 91.9 Å². The largest absolute Gasteiger partial charge is 0.497 e. The third-order valence-corrected chi connectivity index (χ3v) is 2.14. The van der Waals surface area contributed by atoms with Gasteiger partial charge in [0.2, 0.25) is 0 Å². The molecule has 16 heavy (non-hydrogen) atoms. The van der Waals surface area contributed by atoms with Gasteiger partial charge in [0.1, 0.15) is 11.3 Å². The van der Waals surface area contributed by atoms with Gasteiger partial charge < -0.3 is 14.0 Å². The van der Waals surface area contributed by atoms with Crippen LogP contribution in [-0.2, 0) is 4.74 Å². The fourth-order valence-corrected chi connectivity index (χ4v) is 1.39. The third kappa shape index (κ3) is 1.71. The summed E-state index contributed by atoms with van der Waals surface area (Å²) in [4.78, 5) is 11.5. The molecule has 5 heteroatoms. The Kier molecular flexibility index (Phi) is 2.76. The molecule has 0 N–H and O–H groups in total. The van der Waals surface area contributed by atoms with Crippen LogP contribution in [0.15, 0.2) is 22.7 Å². The Balaban J connectivity index is 2.49. The predicted octanol–water partition coefficient (Wildman–Crippen LogP) is 2.01. The summed E-state index contributed by atoms with van der Waals surface area (Å²) in [7, 11) is 1.55. The van der Waals surface area contributed by atoms with Crippen molar-refractivity contribution in [1.29, 1.82) is 0 Å². The zero-order valence-electron chi connectivity index (χ0n) is 9.02. The number of fused-ring (bicyclic) bond motifs is 1. The molecule has 0 aliphatic heterocycles. The molecule has 5 nitrogen and oxygen atoms in total. The predicted molar refractivity (Wildman–Crippen MR) is 56.5 cm³/mol. The lowest BCUT2D eigenvalue weighted by molar-refractivity contribution is 0.0483. The molecule has 0 atom stereocenters. The lowest BCUT2D eigenvalue weighted by Gasteiger charge is -1.99. The van der Waals surface area contributed by atoms with Crippen LogP contribution in [-0.4, -0.2) is 24.8 Å². The minimum atomic E-state index is -0.516. The minimum Gasteiger partial charge on any atom is -0.497 e. The van der Waals surface area contributed by atoms with Crippen molar-refractivity contribution in [3.05, 3.63) is 24.0 Å². The first kappa shape index (κ1) is 10.5. The van der Waals surface area contributed by atoms with Crippen LogP contribution in [0.5, 0.6) is 5.75 Å². The molecule has 2 rings (SSSR count). The molecule has 0 spiro atoms. The van der Waals surface area contributed by atoms with Crippen LogP contribution in [0.2, 0.25) is 0 Å². The lowest BCUT2D eigenvalue weighted by Crippen LogP contribution is -2.03. The molecular formula is C11H11NO4. The second-order valence-corrected chi connectivity index (χ2v) is 3.12. The van der Waals surface area contributed by atoms with Gasteiger partial charge in [0.25, 0.3) is 5.76 Å². The van der Waals surface area contributed by atoms with E-state index in [1.54, 1.807) is 32.2 Å². The van der Waals surface area contributed by atoms with Crippen LogP contribution >= 0.6 is 0 Å². The van der Waals surface area contributed by atoms with E-state index < -0.39 is 5.97 Å². The van der Waals surface area contributed by atoms with E-state index in [4.69, 9.17) is 14.0 Å². The van der Waals surface area contributed by atoms with Gasteiger partial charge in [-0.05, 0) is 25.1 Å². The number of nitrogens with zero attached hydrogens (tertiary/aromatic N) is 1. The van der Waals surface area contributed by atoms with E-state index in [1.165, 1.54) is 0 Å². The maximum absolute atomic E-state index is 11.5. The monoisotopic (exact) mass is 221 g/mol. The van der Waals surface area contributed by atoms with Crippen molar-refractivity contribution in [2.24, 2.45) is 0 Å². The van der Waals surface area contributed by atoms with Gasteiger partial charge in [0.15, 0.2) is 0 Å². The van der Waals surface area contributed by atoms with Crippen LogP contribution in [0.4, 0.5) is 0 Å². The second-order valence-electron chi connectivity index (χ2n) is 3.12. The summed E-state index contributed by atoms with van der Waals surface area (Å²) in [6, 6.07) is 5.16. The summed E-state index contributed by atoms with van der Waals surface area (Å²) in [6.45, 7) is 2.03. The SMILES string of the molecule is CCOC(=O)c1onc2ccc(OC)cc12. The molecule has 0 aliphatic carbocycles. The molecule has 1 heterocycles. The number of methoxy groups -OCH3 is 1. The molecule has 0 bridgehead atoms. The van der Waals surface area contributed by atoms with Crippen molar-refractivity contribution >= 4 is 16.9 Å². The normalized spacial score (nSPS) is 10.4. The molecule has 1 aromatic heterocycles. The quantitative estimate of drug-likeness (QED) is 0.742. The van der Waals surface area contributed by atoms with Crippen LogP contribution in [0.3, 0.4) is 0 Å². The fourth-order valence-electron chi connectivity index (χ4n) is 1.39. The highest BCUT2D eigenvalue weighted by Gasteiger charge is 2.18. The number of hydrogen-bond donors (Lipinski definition) is 0. The highest BCUT2D eigenvalue weighted by molar-refractivity contribution is 6.01. The Morgan fingerprint density at radius 2 is 2.31 bits per heavy atom. The van der Waals surface area contributed by atoms with E-state index in [-0.39, 0.29) is 5.76 Å². The van der Waals surface area contributed by atoms with Gasteiger partial charge >= 0.3 is 5.97 Å². The van der Waals surface area contributed by atoms with Crippen LogP contribution in [0.25, 0.3) is 10.9 Å². The van der Waals surface area contributed by atoms with Gasteiger partial charge in [-0.2, -0.15) is 0 Å². The molecule has 0 unspecified atom stereocenters. The van der Waals surface area contributed by atoms with E-state index in [2.05, 4.69) is 5.16 Å². The summed E-state index contributed by atoms with van der Waals surface area (Å²) in [5, 5.41) is 4.36. The highest BCUT2D eigenvalue weighted by atomic mass is 16.6. The standard InChI is InChI=1S/C11H11NO4/c1-3-15-11(13)10-8-6-7(14-2)4-5-9(8)12-16-10/h4-6H,3H2,1-2H3. The zero-order chi connectivity index (χ0) is 11.5. The summed E-state index contributed by atoms with van der Waals surface area (Å²) < 4.78 is 14.9. The van der Waals surface area contributed by atoms with E-state index >= 15 is 0 Å². The Morgan fingerprint density at radius 3 is 3.00 bits per heavy atom. The molecule has 84 valence electrons. The van der Waals surface area contributed by atoms with Crippen molar-refractivity contribution in [2.75, 3.05) is 13.7 Å². The van der Waals surface area contributed by atoms with Gasteiger partial charge in [-0.1, -0.05) is 5.16 Å². The molecule has 0 saturated carbocycles. The number of hydrogen-bond acceptors (Lipinski definition) is 5. The summed E-state index contributed by atoms with van der Waals surface area (Å²) in [5.74, 6) is 0.232. The molecule has 2 aromatic rings. The van der Waals surface area contributed by atoms with Crippen LogP contribution in [0, 0.1) is 0 Å². The Bertz CT molecular complexity index is 518. The van der Waals surface area contributed by atoms with E-state index in [1.807, 2.05) is 0 Å². The molecule has 0 fully saturated rings. The van der Waals surface area contributed by atoms with Crippen molar-refractivity contribution in [3.8, 4) is 5.75 Å². The number of aromatic nitrogens is 1. The summed E-state index contributed by atoms with van der Waals surface area (Å²) >= 11 is 0. The van der Waals surface area contributed by atoms with Crippen LogP contribution in [0.1, 0.15) is 17.5 Å². The minimum absolute atomic E-state index is 0.107.